The van der Waals surface area contributed by atoms with Crippen LogP contribution in [0.5, 0.6) is 0 Å². The van der Waals surface area contributed by atoms with Crippen LogP contribution in [0.2, 0.25) is 5.15 Å². The Morgan fingerprint density at radius 2 is 2.41 bits per heavy atom. The highest BCUT2D eigenvalue weighted by molar-refractivity contribution is 6.29. The summed E-state index contributed by atoms with van der Waals surface area (Å²) in [4.78, 5) is 25.9. The Kier molecular flexibility index (Phi) is 3.14. The molecule has 0 spiro atoms. The van der Waals surface area contributed by atoms with Crippen molar-refractivity contribution in [3.63, 3.8) is 0 Å². The van der Waals surface area contributed by atoms with Gasteiger partial charge in [0.25, 0.3) is 5.91 Å². The van der Waals surface area contributed by atoms with Crippen LogP contribution in [0.15, 0.2) is 6.07 Å². The van der Waals surface area contributed by atoms with E-state index in [9.17, 15) is 9.59 Å². The SMILES string of the molecule is O=C(O)NCCc1nc(Cl)cc2c1CNC2=O. The molecule has 2 rings (SSSR count). The van der Waals surface area contributed by atoms with E-state index in [1.54, 1.807) is 0 Å². The number of carboxylic acid groups (broad SMARTS) is 1. The quantitative estimate of drug-likeness (QED) is 0.697. The molecule has 17 heavy (non-hydrogen) atoms. The van der Waals surface area contributed by atoms with Gasteiger partial charge in [-0.05, 0) is 6.07 Å². The Morgan fingerprint density at radius 1 is 1.65 bits per heavy atom. The average molecular weight is 256 g/mol. The van der Waals surface area contributed by atoms with E-state index in [0.29, 0.717) is 24.2 Å². The average Bonchev–Trinajstić information content (AvgIpc) is 2.60. The van der Waals surface area contributed by atoms with Crippen molar-refractivity contribution in [1.82, 2.24) is 15.6 Å². The molecule has 0 unspecified atom stereocenters. The van der Waals surface area contributed by atoms with Gasteiger partial charge in [0.1, 0.15) is 5.15 Å². The normalized spacial score (nSPS) is 13.1. The summed E-state index contributed by atoms with van der Waals surface area (Å²) >= 11 is 5.81. The summed E-state index contributed by atoms with van der Waals surface area (Å²) in [6.07, 6.45) is -0.678. The van der Waals surface area contributed by atoms with Crippen LogP contribution >= 0.6 is 11.6 Å². The maximum atomic E-state index is 11.4. The lowest BCUT2D eigenvalue weighted by molar-refractivity contribution is 0.0965. The summed E-state index contributed by atoms with van der Waals surface area (Å²) in [7, 11) is 0. The number of fused-ring (bicyclic) bond motifs is 1. The number of amides is 2. The van der Waals surface area contributed by atoms with Crippen molar-refractivity contribution in [2.75, 3.05) is 6.54 Å². The first kappa shape index (κ1) is 11.7. The van der Waals surface area contributed by atoms with E-state index in [2.05, 4.69) is 15.6 Å². The molecule has 0 saturated heterocycles. The second kappa shape index (κ2) is 4.58. The smallest absolute Gasteiger partial charge is 0.404 e. The summed E-state index contributed by atoms with van der Waals surface area (Å²) in [6, 6.07) is 1.52. The fourth-order valence-corrected chi connectivity index (χ4v) is 1.96. The number of rotatable bonds is 3. The maximum Gasteiger partial charge on any atom is 0.404 e. The van der Waals surface area contributed by atoms with E-state index >= 15 is 0 Å². The summed E-state index contributed by atoms with van der Waals surface area (Å²) in [5.74, 6) is -0.170. The number of carbonyl (C=O) groups excluding carboxylic acids is 1. The highest BCUT2D eigenvalue weighted by atomic mass is 35.5. The summed E-state index contributed by atoms with van der Waals surface area (Å²) in [5, 5.41) is 13.6. The minimum Gasteiger partial charge on any atom is -0.465 e. The molecule has 1 aromatic heterocycles. The Bertz CT molecular complexity index is 490. The maximum absolute atomic E-state index is 11.4. The zero-order valence-electron chi connectivity index (χ0n) is 8.79. The zero-order valence-corrected chi connectivity index (χ0v) is 9.54. The number of aromatic nitrogens is 1. The number of hydrogen-bond acceptors (Lipinski definition) is 3. The van der Waals surface area contributed by atoms with Gasteiger partial charge in [-0.2, -0.15) is 0 Å². The van der Waals surface area contributed by atoms with Crippen LogP contribution in [0, 0.1) is 0 Å². The standard InChI is InChI=1S/C10H10ClN3O3/c11-8-3-5-6(4-13-9(5)15)7(14-8)1-2-12-10(16)17/h3,12H,1-2,4H2,(H,13,15)(H,16,17). The van der Waals surface area contributed by atoms with E-state index in [1.165, 1.54) is 6.07 Å². The third kappa shape index (κ3) is 2.47. The number of nitrogens with one attached hydrogen (secondary N) is 2. The van der Waals surface area contributed by atoms with Gasteiger partial charge in [0.15, 0.2) is 0 Å². The van der Waals surface area contributed by atoms with Gasteiger partial charge in [-0.1, -0.05) is 11.6 Å². The first-order valence-corrected chi connectivity index (χ1v) is 5.39. The molecule has 7 heteroatoms. The van der Waals surface area contributed by atoms with E-state index < -0.39 is 6.09 Å². The topological polar surface area (TPSA) is 91.3 Å². The molecular weight excluding hydrogens is 246 g/mol. The van der Waals surface area contributed by atoms with E-state index in [4.69, 9.17) is 16.7 Å². The van der Waals surface area contributed by atoms with E-state index in [0.717, 1.165) is 5.56 Å². The van der Waals surface area contributed by atoms with Crippen molar-refractivity contribution < 1.29 is 14.7 Å². The van der Waals surface area contributed by atoms with Crippen LogP contribution in [0.3, 0.4) is 0 Å². The molecule has 1 aliphatic rings. The third-order valence-corrected chi connectivity index (χ3v) is 2.68. The summed E-state index contributed by atoms with van der Waals surface area (Å²) in [5.41, 5.74) is 1.97. The number of nitrogens with zero attached hydrogens (tertiary/aromatic N) is 1. The fourth-order valence-electron chi connectivity index (χ4n) is 1.75. The van der Waals surface area contributed by atoms with Gasteiger partial charge in [0.05, 0.1) is 0 Å². The summed E-state index contributed by atoms with van der Waals surface area (Å²) < 4.78 is 0. The molecule has 0 atom stereocenters. The van der Waals surface area contributed by atoms with Crippen LogP contribution < -0.4 is 10.6 Å². The van der Waals surface area contributed by atoms with Gasteiger partial charge < -0.3 is 15.7 Å². The zero-order chi connectivity index (χ0) is 12.4. The molecular formula is C10H10ClN3O3. The minimum absolute atomic E-state index is 0.170. The Labute approximate surface area is 102 Å². The summed E-state index contributed by atoms with van der Waals surface area (Å²) in [6.45, 7) is 0.657. The fraction of sp³-hybridized carbons (Fsp3) is 0.300. The van der Waals surface area contributed by atoms with Crippen molar-refractivity contribution in [2.24, 2.45) is 0 Å². The van der Waals surface area contributed by atoms with Gasteiger partial charge in [0, 0.05) is 36.3 Å². The van der Waals surface area contributed by atoms with Crippen molar-refractivity contribution in [3.05, 3.63) is 28.0 Å². The number of hydrogen-bond donors (Lipinski definition) is 3. The molecule has 0 aliphatic carbocycles. The molecule has 6 nitrogen and oxygen atoms in total. The van der Waals surface area contributed by atoms with Crippen molar-refractivity contribution in [2.45, 2.75) is 13.0 Å². The highest BCUT2D eigenvalue weighted by Gasteiger charge is 2.23. The van der Waals surface area contributed by atoms with Crippen molar-refractivity contribution in [3.8, 4) is 0 Å². The molecule has 1 aliphatic heterocycles. The lowest BCUT2D eigenvalue weighted by Gasteiger charge is -2.06. The lowest BCUT2D eigenvalue weighted by Crippen LogP contribution is -2.24. The van der Waals surface area contributed by atoms with Gasteiger partial charge in [-0.15, -0.1) is 0 Å². The van der Waals surface area contributed by atoms with Crippen LogP contribution in [0.25, 0.3) is 0 Å². The first-order chi connectivity index (χ1) is 8.08. The highest BCUT2D eigenvalue weighted by Crippen LogP contribution is 2.22. The lowest BCUT2D eigenvalue weighted by atomic mass is 10.1. The Balaban J connectivity index is 2.20. The monoisotopic (exact) mass is 255 g/mol. The molecule has 0 fully saturated rings. The molecule has 0 aromatic carbocycles. The number of halogens is 1. The molecule has 2 heterocycles. The van der Waals surface area contributed by atoms with Gasteiger partial charge in [0.2, 0.25) is 0 Å². The Hall–Kier alpha value is -1.82. The van der Waals surface area contributed by atoms with Crippen LogP contribution in [-0.2, 0) is 13.0 Å². The van der Waals surface area contributed by atoms with Crippen LogP contribution in [-0.4, -0.2) is 28.6 Å². The van der Waals surface area contributed by atoms with Crippen molar-refractivity contribution >= 4 is 23.6 Å². The first-order valence-electron chi connectivity index (χ1n) is 5.01. The van der Waals surface area contributed by atoms with Gasteiger partial charge in [-0.3, -0.25) is 4.79 Å². The second-order valence-corrected chi connectivity index (χ2v) is 3.97. The number of pyridine rings is 1. The molecule has 90 valence electrons. The molecule has 2 amide bonds. The van der Waals surface area contributed by atoms with Gasteiger partial charge >= 0.3 is 6.09 Å². The van der Waals surface area contributed by atoms with Crippen molar-refractivity contribution in [1.29, 1.82) is 0 Å². The molecule has 0 radical (unpaired) electrons. The second-order valence-electron chi connectivity index (χ2n) is 3.58. The largest absolute Gasteiger partial charge is 0.465 e. The van der Waals surface area contributed by atoms with Crippen LogP contribution in [0.4, 0.5) is 4.79 Å². The molecule has 0 bridgehead atoms. The van der Waals surface area contributed by atoms with Gasteiger partial charge in [-0.25, -0.2) is 9.78 Å². The molecule has 1 aromatic rings. The van der Waals surface area contributed by atoms with Crippen LogP contribution in [0.1, 0.15) is 21.6 Å². The number of carbonyl (C=O) groups is 2. The minimum atomic E-state index is -1.09. The molecule has 3 N–H and O–H groups in total. The predicted octanol–water partition coefficient (Wildman–Crippen LogP) is 0.788. The van der Waals surface area contributed by atoms with E-state index in [1.807, 2.05) is 0 Å². The molecule has 0 saturated carbocycles. The predicted molar refractivity (Wildman–Crippen MR) is 60.1 cm³/mol. The Morgan fingerprint density at radius 3 is 3.12 bits per heavy atom. The van der Waals surface area contributed by atoms with E-state index in [-0.39, 0.29) is 17.6 Å². The third-order valence-electron chi connectivity index (χ3n) is 2.49.